The number of nitrogens with zero attached hydrogens (tertiary/aromatic N) is 2. The molecule has 1 heterocycles. The molecule has 0 aliphatic carbocycles. The molecule has 4 nitrogen and oxygen atoms in total. The molecular formula is C14H11ClFN3O. The number of anilines is 1. The lowest BCUT2D eigenvalue weighted by Crippen LogP contribution is -1.91. The molecule has 20 heavy (non-hydrogen) atoms. The van der Waals surface area contributed by atoms with E-state index in [0.29, 0.717) is 22.5 Å². The molecule has 102 valence electrons. The number of aryl methyl sites for hydroxylation is 1. The number of fused-ring (bicyclic) bond motifs is 1. The Morgan fingerprint density at radius 3 is 2.65 bits per heavy atom. The zero-order valence-electron chi connectivity index (χ0n) is 10.6. The molecule has 0 atom stereocenters. The fourth-order valence-electron chi connectivity index (χ4n) is 2.00. The number of hydrogen-bond acceptors (Lipinski definition) is 3. The third kappa shape index (κ3) is 2.28. The van der Waals surface area contributed by atoms with Gasteiger partial charge in [0.1, 0.15) is 17.0 Å². The van der Waals surface area contributed by atoms with Crippen LogP contribution in [0, 0.1) is 5.82 Å². The van der Waals surface area contributed by atoms with Crippen LogP contribution in [0.3, 0.4) is 0 Å². The van der Waals surface area contributed by atoms with E-state index in [1.54, 1.807) is 48.3 Å². The number of hydrogen-bond donors (Lipinski definition) is 1. The van der Waals surface area contributed by atoms with Crippen molar-refractivity contribution in [3.63, 3.8) is 0 Å². The van der Waals surface area contributed by atoms with E-state index >= 15 is 0 Å². The van der Waals surface area contributed by atoms with Gasteiger partial charge >= 0.3 is 0 Å². The van der Waals surface area contributed by atoms with Crippen molar-refractivity contribution in [2.45, 2.75) is 0 Å². The Hall–Kier alpha value is -2.27. The van der Waals surface area contributed by atoms with Crippen LogP contribution in [0.1, 0.15) is 0 Å². The summed E-state index contributed by atoms with van der Waals surface area (Å²) in [6, 6.07) is 10.1. The smallest absolute Gasteiger partial charge is 0.152 e. The van der Waals surface area contributed by atoms with Crippen LogP contribution in [0.4, 0.5) is 10.1 Å². The zero-order chi connectivity index (χ0) is 14.1. The summed E-state index contributed by atoms with van der Waals surface area (Å²) in [5, 5.41) is 0. The molecule has 0 aliphatic heterocycles. The van der Waals surface area contributed by atoms with Crippen molar-refractivity contribution in [3.05, 3.63) is 48.5 Å². The Morgan fingerprint density at radius 1 is 1.20 bits per heavy atom. The Kier molecular flexibility index (Phi) is 3.20. The third-order valence-corrected chi connectivity index (χ3v) is 3.16. The second-order valence-electron chi connectivity index (χ2n) is 4.35. The van der Waals surface area contributed by atoms with Gasteiger partial charge in [-0.2, -0.15) is 0 Å². The highest BCUT2D eigenvalue weighted by atomic mass is 35.5. The van der Waals surface area contributed by atoms with Crippen LogP contribution >= 0.6 is 11.8 Å². The molecule has 1 aromatic heterocycles. The average molecular weight is 292 g/mol. The molecule has 6 heteroatoms. The molecule has 3 aromatic rings. The summed E-state index contributed by atoms with van der Waals surface area (Å²) >= 11 is 5.48. The summed E-state index contributed by atoms with van der Waals surface area (Å²) in [6.45, 7) is 0. The monoisotopic (exact) mass is 291 g/mol. The Morgan fingerprint density at radius 2 is 1.95 bits per heavy atom. The lowest BCUT2D eigenvalue weighted by atomic mass is 10.2. The molecule has 0 unspecified atom stereocenters. The van der Waals surface area contributed by atoms with Gasteiger partial charge in [0.05, 0.1) is 11.8 Å². The first-order chi connectivity index (χ1) is 9.67. The summed E-state index contributed by atoms with van der Waals surface area (Å²) < 4.78 is 21.2. The first kappa shape index (κ1) is 12.7. The summed E-state index contributed by atoms with van der Waals surface area (Å²) in [5.74, 6) is 0.632. The zero-order valence-corrected chi connectivity index (χ0v) is 11.4. The number of halogens is 2. The van der Waals surface area contributed by atoms with Crippen molar-refractivity contribution < 1.29 is 9.13 Å². The van der Waals surface area contributed by atoms with E-state index in [1.165, 1.54) is 6.07 Å². The summed E-state index contributed by atoms with van der Waals surface area (Å²) in [6.07, 6.45) is 1.57. The molecule has 2 aromatic carbocycles. The van der Waals surface area contributed by atoms with Gasteiger partial charge in [0.2, 0.25) is 0 Å². The number of ether oxygens (including phenoxy) is 1. The molecule has 0 saturated carbocycles. The first-order valence-electron chi connectivity index (χ1n) is 5.92. The Balaban J connectivity index is 1.93. The second kappa shape index (κ2) is 5.02. The van der Waals surface area contributed by atoms with E-state index in [4.69, 9.17) is 16.5 Å². The number of nitrogens with one attached hydrogen (secondary N) is 1. The van der Waals surface area contributed by atoms with Gasteiger partial charge in [-0.15, -0.1) is 0 Å². The van der Waals surface area contributed by atoms with Gasteiger partial charge in [-0.25, -0.2) is 9.37 Å². The standard InChI is InChI=1S/C14H11ClFN3O/c1-19-8-17-13-7-11(6-12(16)14(13)19)20-10-4-2-9(18-15)3-5-10/h2-8,18H,1H3. The fourth-order valence-corrected chi connectivity index (χ4v) is 2.12. The Labute approximate surface area is 119 Å². The van der Waals surface area contributed by atoms with Crippen molar-refractivity contribution in [1.82, 2.24) is 9.55 Å². The van der Waals surface area contributed by atoms with Crippen molar-refractivity contribution >= 4 is 28.5 Å². The molecule has 1 N–H and O–H groups in total. The van der Waals surface area contributed by atoms with Gasteiger partial charge in [0.15, 0.2) is 5.82 Å². The van der Waals surface area contributed by atoms with Crippen LogP contribution in [0.15, 0.2) is 42.7 Å². The number of aromatic nitrogens is 2. The predicted molar refractivity (Wildman–Crippen MR) is 76.7 cm³/mol. The van der Waals surface area contributed by atoms with Gasteiger partial charge in [0, 0.05) is 36.6 Å². The SMILES string of the molecule is Cn1cnc2cc(Oc3ccc(NCl)cc3)cc(F)c21. The van der Waals surface area contributed by atoms with E-state index in [-0.39, 0.29) is 5.82 Å². The highest BCUT2D eigenvalue weighted by molar-refractivity contribution is 6.23. The number of rotatable bonds is 3. The van der Waals surface area contributed by atoms with E-state index in [2.05, 4.69) is 9.82 Å². The lowest BCUT2D eigenvalue weighted by molar-refractivity contribution is 0.478. The van der Waals surface area contributed by atoms with Gasteiger partial charge in [-0.1, -0.05) is 0 Å². The van der Waals surface area contributed by atoms with Gasteiger partial charge < -0.3 is 9.30 Å². The van der Waals surface area contributed by atoms with Crippen molar-refractivity contribution in [3.8, 4) is 11.5 Å². The van der Waals surface area contributed by atoms with Crippen LogP contribution in [-0.2, 0) is 7.05 Å². The maximum atomic E-state index is 14.0. The first-order valence-corrected chi connectivity index (χ1v) is 6.30. The normalized spacial score (nSPS) is 10.8. The van der Waals surface area contributed by atoms with Gasteiger partial charge in [-0.3, -0.25) is 4.84 Å². The van der Waals surface area contributed by atoms with Crippen LogP contribution < -0.4 is 9.57 Å². The van der Waals surface area contributed by atoms with Crippen LogP contribution in [0.2, 0.25) is 0 Å². The van der Waals surface area contributed by atoms with Gasteiger partial charge in [0.25, 0.3) is 0 Å². The summed E-state index contributed by atoms with van der Waals surface area (Å²) in [7, 11) is 1.75. The molecule has 0 radical (unpaired) electrons. The fraction of sp³-hybridized carbons (Fsp3) is 0.0714. The minimum absolute atomic E-state index is 0.364. The van der Waals surface area contributed by atoms with E-state index < -0.39 is 0 Å². The maximum Gasteiger partial charge on any atom is 0.152 e. The van der Waals surface area contributed by atoms with Crippen molar-refractivity contribution in [1.29, 1.82) is 0 Å². The molecule has 0 spiro atoms. The molecule has 0 bridgehead atoms. The van der Waals surface area contributed by atoms with Crippen molar-refractivity contribution in [2.75, 3.05) is 4.84 Å². The summed E-state index contributed by atoms with van der Waals surface area (Å²) in [5.41, 5.74) is 1.77. The quantitative estimate of drug-likeness (QED) is 0.739. The Bertz CT molecular complexity index is 755. The van der Waals surface area contributed by atoms with Gasteiger partial charge in [-0.05, 0) is 24.3 Å². The third-order valence-electron chi connectivity index (χ3n) is 2.94. The second-order valence-corrected chi connectivity index (χ2v) is 4.54. The van der Waals surface area contributed by atoms with E-state index in [9.17, 15) is 4.39 Å². The molecule has 0 saturated heterocycles. The lowest BCUT2D eigenvalue weighted by Gasteiger charge is -2.07. The van der Waals surface area contributed by atoms with E-state index in [0.717, 1.165) is 5.69 Å². The highest BCUT2D eigenvalue weighted by Gasteiger charge is 2.09. The average Bonchev–Trinajstić information content (AvgIpc) is 2.81. The molecule has 0 aliphatic rings. The van der Waals surface area contributed by atoms with Crippen LogP contribution in [0.25, 0.3) is 11.0 Å². The highest BCUT2D eigenvalue weighted by Crippen LogP contribution is 2.28. The topological polar surface area (TPSA) is 39.1 Å². The molecule has 0 fully saturated rings. The summed E-state index contributed by atoms with van der Waals surface area (Å²) in [4.78, 5) is 6.62. The number of benzene rings is 2. The van der Waals surface area contributed by atoms with Crippen molar-refractivity contribution in [2.24, 2.45) is 7.05 Å². The molecule has 0 amide bonds. The minimum Gasteiger partial charge on any atom is -0.457 e. The molecule has 3 rings (SSSR count). The predicted octanol–water partition coefficient (Wildman–Crippen LogP) is 4.07. The minimum atomic E-state index is -0.364. The van der Waals surface area contributed by atoms with Crippen LogP contribution in [0.5, 0.6) is 11.5 Å². The van der Waals surface area contributed by atoms with E-state index in [1.807, 2.05) is 0 Å². The van der Waals surface area contributed by atoms with Crippen LogP contribution in [-0.4, -0.2) is 9.55 Å². The maximum absolute atomic E-state index is 14.0. The molecular weight excluding hydrogens is 281 g/mol. The number of imidazole rings is 1. The largest absolute Gasteiger partial charge is 0.457 e.